The van der Waals surface area contributed by atoms with Gasteiger partial charge in [0.15, 0.2) is 6.10 Å². The maximum absolute atomic E-state index is 11.3. The van der Waals surface area contributed by atoms with Crippen LogP contribution in [0, 0.1) is 0 Å². The standard InChI is InChI=1S/C12H18O3S/c1-4-14-12(13)10(3)15-8-9(2)11-6-5-7-16-11/h5-7,9-10H,4,8H2,1-3H3. The lowest BCUT2D eigenvalue weighted by atomic mass is 10.1. The first-order chi connectivity index (χ1) is 7.65. The van der Waals surface area contributed by atoms with E-state index in [1.165, 1.54) is 4.88 Å². The lowest BCUT2D eigenvalue weighted by Crippen LogP contribution is -2.24. The van der Waals surface area contributed by atoms with Gasteiger partial charge in [0.25, 0.3) is 0 Å². The molecule has 0 aliphatic heterocycles. The minimum atomic E-state index is -0.484. The molecule has 0 N–H and O–H groups in total. The quantitative estimate of drug-likeness (QED) is 0.720. The van der Waals surface area contributed by atoms with Crippen LogP contribution in [0.2, 0.25) is 0 Å². The number of rotatable bonds is 6. The van der Waals surface area contributed by atoms with Gasteiger partial charge in [0, 0.05) is 10.8 Å². The van der Waals surface area contributed by atoms with E-state index < -0.39 is 6.10 Å². The molecule has 1 aromatic heterocycles. The summed E-state index contributed by atoms with van der Waals surface area (Å²) in [7, 11) is 0. The van der Waals surface area contributed by atoms with Gasteiger partial charge in [-0.15, -0.1) is 11.3 Å². The molecule has 2 atom stereocenters. The van der Waals surface area contributed by atoms with Crippen LogP contribution >= 0.6 is 11.3 Å². The van der Waals surface area contributed by atoms with Crippen molar-refractivity contribution in [3.05, 3.63) is 22.4 Å². The maximum Gasteiger partial charge on any atom is 0.334 e. The highest BCUT2D eigenvalue weighted by Gasteiger charge is 2.16. The molecule has 0 fully saturated rings. The van der Waals surface area contributed by atoms with Crippen LogP contribution < -0.4 is 0 Å². The zero-order chi connectivity index (χ0) is 12.0. The molecule has 3 nitrogen and oxygen atoms in total. The average Bonchev–Trinajstić information content (AvgIpc) is 2.79. The molecule has 0 saturated heterocycles. The molecule has 0 radical (unpaired) electrons. The van der Waals surface area contributed by atoms with Crippen molar-refractivity contribution in [1.29, 1.82) is 0 Å². The van der Waals surface area contributed by atoms with E-state index in [0.717, 1.165) is 0 Å². The normalized spacial score (nSPS) is 14.4. The third-order valence-corrected chi connectivity index (χ3v) is 3.35. The third kappa shape index (κ3) is 3.94. The first-order valence-corrected chi connectivity index (χ1v) is 6.34. The second-order valence-electron chi connectivity index (χ2n) is 3.64. The van der Waals surface area contributed by atoms with Gasteiger partial charge < -0.3 is 9.47 Å². The smallest absolute Gasteiger partial charge is 0.334 e. The summed E-state index contributed by atoms with van der Waals surface area (Å²) in [6.45, 7) is 6.54. The number of hydrogen-bond donors (Lipinski definition) is 0. The van der Waals surface area contributed by atoms with Crippen LogP contribution in [0.4, 0.5) is 0 Å². The molecule has 0 spiro atoms. The number of carbonyl (C=O) groups is 1. The Bertz CT molecular complexity index is 308. The second kappa shape index (κ2) is 6.66. The predicted molar refractivity (Wildman–Crippen MR) is 64.8 cm³/mol. The van der Waals surface area contributed by atoms with Crippen molar-refractivity contribution in [2.45, 2.75) is 32.8 Å². The van der Waals surface area contributed by atoms with Crippen LogP contribution in [-0.4, -0.2) is 25.3 Å². The monoisotopic (exact) mass is 242 g/mol. The van der Waals surface area contributed by atoms with E-state index in [-0.39, 0.29) is 5.97 Å². The van der Waals surface area contributed by atoms with Crippen LogP contribution in [0.25, 0.3) is 0 Å². The zero-order valence-electron chi connectivity index (χ0n) is 9.93. The second-order valence-corrected chi connectivity index (χ2v) is 4.62. The minimum Gasteiger partial charge on any atom is -0.464 e. The van der Waals surface area contributed by atoms with Gasteiger partial charge in [0.1, 0.15) is 0 Å². The number of ether oxygens (including phenoxy) is 2. The molecule has 0 bridgehead atoms. The Morgan fingerprint density at radius 2 is 2.25 bits per heavy atom. The van der Waals surface area contributed by atoms with Gasteiger partial charge in [-0.2, -0.15) is 0 Å². The summed E-state index contributed by atoms with van der Waals surface area (Å²) < 4.78 is 10.3. The molecule has 0 aliphatic rings. The average molecular weight is 242 g/mol. The van der Waals surface area contributed by atoms with Crippen LogP contribution in [0.3, 0.4) is 0 Å². The summed E-state index contributed by atoms with van der Waals surface area (Å²) in [4.78, 5) is 12.6. The van der Waals surface area contributed by atoms with Gasteiger partial charge in [-0.25, -0.2) is 4.79 Å². The molecule has 0 aliphatic carbocycles. The maximum atomic E-state index is 11.3. The van der Waals surface area contributed by atoms with Gasteiger partial charge in [0.05, 0.1) is 13.2 Å². The number of hydrogen-bond acceptors (Lipinski definition) is 4. The van der Waals surface area contributed by atoms with Crippen LogP contribution in [0.1, 0.15) is 31.6 Å². The fourth-order valence-corrected chi connectivity index (χ4v) is 2.04. The third-order valence-electron chi connectivity index (χ3n) is 2.24. The summed E-state index contributed by atoms with van der Waals surface area (Å²) in [6, 6.07) is 4.10. The minimum absolute atomic E-state index is 0.291. The molecule has 2 unspecified atom stereocenters. The molecule has 1 heterocycles. The van der Waals surface area contributed by atoms with E-state index in [4.69, 9.17) is 9.47 Å². The summed E-state index contributed by atoms with van der Waals surface area (Å²) in [5, 5.41) is 2.04. The molecule has 4 heteroatoms. The van der Waals surface area contributed by atoms with Crippen molar-refractivity contribution in [2.75, 3.05) is 13.2 Å². The topological polar surface area (TPSA) is 35.5 Å². The van der Waals surface area contributed by atoms with Crippen LogP contribution in [-0.2, 0) is 14.3 Å². The van der Waals surface area contributed by atoms with E-state index in [2.05, 4.69) is 13.0 Å². The molecular formula is C12H18O3S. The summed E-state index contributed by atoms with van der Waals surface area (Å²) in [6.07, 6.45) is -0.484. The highest BCUT2D eigenvalue weighted by Crippen LogP contribution is 2.21. The molecule has 0 aromatic carbocycles. The van der Waals surface area contributed by atoms with E-state index in [1.54, 1.807) is 25.2 Å². The highest BCUT2D eigenvalue weighted by molar-refractivity contribution is 7.10. The summed E-state index contributed by atoms with van der Waals surface area (Å²) >= 11 is 1.71. The predicted octanol–water partition coefficient (Wildman–Crippen LogP) is 2.82. The fraction of sp³-hybridized carbons (Fsp3) is 0.583. The van der Waals surface area contributed by atoms with Crippen molar-refractivity contribution < 1.29 is 14.3 Å². The van der Waals surface area contributed by atoms with Crippen molar-refractivity contribution in [2.24, 2.45) is 0 Å². The molecular weight excluding hydrogens is 224 g/mol. The Kier molecular flexibility index (Phi) is 5.49. The van der Waals surface area contributed by atoms with Gasteiger partial charge in [0.2, 0.25) is 0 Å². The van der Waals surface area contributed by atoms with Crippen molar-refractivity contribution >= 4 is 17.3 Å². The van der Waals surface area contributed by atoms with Crippen LogP contribution in [0.5, 0.6) is 0 Å². The SMILES string of the molecule is CCOC(=O)C(C)OCC(C)c1cccs1. The summed E-state index contributed by atoms with van der Waals surface area (Å²) in [5.74, 6) is 0.0257. The molecule has 90 valence electrons. The Balaban J connectivity index is 2.31. The van der Waals surface area contributed by atoms with Crippen LogP contribution in [0.15, 0.2) is 17.5 Å². The Labute approximate surface area is 100 Å². The first kappa shape index (κ1) is 13.2. The van der Waals surface area contributed by atoms with E-state index >= 15 is 0 Å². The largest absolute Gasteiger partial charge is 0.464 e. The fourth-order valence-electron chi connectivity index (χ4n) is 1.27. The van der Waals surface area contributed by atoms with Gasteiger partial charge >= 0.3 is 5.97 Å². The van der Waals surface area contributed by atoms with Gasteiger partial charge in [-0.3, -0.25) is 0 Å². The lowest BCUT2D eigenvalue weighted by Gasteiger charge is -2.15. The lowest BCUT2D eigenvalue weighted by molar-refractivity contribution is -0.155. The number of esters is 1. The molecule has 16 heavy (non-hydrogen) atoms. The van der Waals surface area contributed by atoms with Crippen molar-refractivity contribution in [3.8, 4) is 0 Å². The zero-order valence-corrected chi connectivity index (χ0v) is 10.8. The van der Waals surface area contributed by atoms with Gasteiger partial charge in [-0.05, 0) is 25.3 Å². The molecule has 0 amide bonds. The van der Waals surface area contributed by atoms with E-state index in [1.807, 2.05) is 11.4 Å². The van der Waals surface area contributed by atoms with E-state index in [0.29, 0.717) is 19.1 Å². The Morgan fingerprint density at radius 1 is 1.50 bits per heavy atom. The highest BCUT2D eigenvalue weighted by atomic mass is 32.1. The van der Waals surface area contributed by atoms with E-state index in [9.17, 15) is 4.79 Å². The Morgan fingerprint density at radius 3 is 2.81 bits per heavy atom. The number of thiophene rings is 1. The molecule has 1 rings (SSSR count). The Hall–Kier alpha value is -0.870. The molecule has 0 saturated carbocycles. The number of carbonyl (C=O) groups excluding carboxylic acids is 1. The van der Waals surface area contributed by atoms with Gasteiger partial charge in [-0.1, -0.05) is 13.0 Å². The first-order valence-electron chi connectivity index (χ1n) is 5.46. The van der Waals surface area contributed by atoms with Crippen molar-refractivity contribution in [3.63, 3.8) is 0 Å². The summed E-state index contributed by atoms with van der Waals surface area (Å²) in [5.41, 5.74) is 0. The van der Waals surface area contributed by atoms with Crippen molar-refractivity contribution in [1.82, 2.24) is 0 Å². The molecule has 1 aromatic rings.